The highest BCUT2D eigenvalue weighted by Crippen LogP contribution is 2.24. The average Bonchev–Trinajstić information content (AvgIpc) is 2.40. The third kappa shape index (κ3) is 5.33. The molecule has 20 heavy (non-hydrogen) atoms. The van der Waals surface area contributed by atoms with Gasteiger partial charge < -0.3 is 4.74 Å². The number of nitrogens with zero attached hydrogens (tertiary/aromatic N) is 2. The van der Waals surface area contributed by atoms with Crippen molar-refractivity contribution in [3.05, 3.63) is 38.9 Å². The van der Waals surface area contributed by atoms with Gasteiger partial charge in [-0.15, -0.1) is 0 Å². The van der Waals surface area contributed by atoms with Gasteiger partial charge in [0.25, 0.3) is 5.69 Å². The van der Waals surface area contributed by atoms with Gasteiger partial charge in [0, 0.05) is 18.2 Å². The third-order valence-corrected chi connectivity index (χ3v) is 2.57. The third-order valence-electron chi connectivity index (χ3n) is 2.25. The van der Waals surface area contributed by atoms with Crippen LogP contribution in [0.5, 0.6) is 0 Å². The van der Waals surface area contributed by atoms with E-state index in [0.29, 0.717) is 18.8 Å². The Morgan fingerprint density at radius 1 is 1.60 bits per heavy atom. The molecule has 0 aliphatic carbocycles. The van der Waals surface area contributed by atoms with Crippen LogP contribution in [0.15, 0.2) is 23.3 Å². The fraction of sp³-hybridized carbons (Fsp3) is 0.333. The molecule has 0 unspecified atom stereocenters. The first kappa shape index (κ1) is 16.1. The van der Waals surface area contributed by atoms with E-state index in [1.807, 2.05) is 6.92 Å². The van der Waals surface area contributed by atoms with Crippen molar-refractivity contribution in [2.24, 2.45) is 5.10 Å². The smallest absolute Gasteiger partial charge is 0.288 e. The number of hydrogen-bond acceptors (Lipinski definition) is 5. The Bertz CT molecular complexity index is 519. The summed E-state index contributed by atoms with van der Waals surface area (Å²) in [6.45, 7) is 2.71. The van der Waals surface area contributed by atoms with E-state index in [1.54, 1.807) is 6.07 Å². The molecule has 7 nitrogen and oxygen atoms in total. The molecule has 0 heterocycles. The van der Waals surface area contributed by atoms with Gasteiger partial charge in [0.15, 0.2) is 0 Å². The first-order valence-electron chi connectivity index (χ1n) is 5.88. The molecule has 0 aromatic heterocycles. The van der Waals surface area contributed by atoms with Gasteiger partial charge in [-0.25, -0.2) is 5.43 Å². The molecule has 0 fully saturated rings. The maximum Gasteiger partial charge on any atom is 0.288 e. The number of carbonyl (C=O) groups is 1. The summed E-state index contributed by atoms with van der Waals surface area (Å²) >= 11 is 5.68. The highest BCUT2D eigenvalue weighted by Gasteiger charge is 2.11. The van der Waals surface area contributed by atoms with Crippen LogP contribution in [-0.4, -0.2) is 30.3 Å². The quantitative estimate of drug-likeness (QED) is 0.361. The summed E-state index contributed by atoms with van der Waals surface area (Å²) in [5.41, 5.74) is 2.56. The van der Waals surface area contributed by atoms with E-state index < -0.39 is 4.92 Å². The standard InChI is InChI=1S/C12H14ClN3O4/c1-2-20-6-5-12(17)15-14-8-9-3-4-10(13)11(7-9)16(18)19/h3-4,7-8H,2,5-6H2,1H3,(H,15,17)/b14-8+. The van der Waals surface area contributed by atoms with Crippen LogP contribution in [0.2, 0.25) is 5.02 Å². The molecule has 1 N–H and O–H groups in total. The van der Waals surface area contributed by atoms with Crippen LogP contribution in [0.3, 0.4) is 0 Å². The summed E-state index contributed by atoms with van der Waals surface area (Å²) in [5.74, 6) is -0.293. The summed E-state index contributed by atoms with van der Waals surface area (Å²) in [7, 11) is 0. The van der Waals surface area contributed by atoms with Gasteiger partial charge in [0.2, 0.25) is 5.91 Å². The molecule has 0 aliphatic heterocycles. The number of halogens is 1. The molecule has 1 aromatic carbocycles. The van der Waals surface area contributed by atoms with Crippen molar-refractivity contribution < 1.29 is 14.5 Å². The lowest BCUT2D eigenvalue weighted by molar-refractivity contribution is -0.384. The number of nitrogens with one attached hydrogen (secondary N) is 1. The molecule has 0 saturated carbocycles. The van der Waals surface area contributed by atoms with E-state index in [1.165, 1.54) is 18.3 Å². The number of amides is 1. The number of hydrogen-bond donors (Lipinski definition) is 1. The molecule has 0 spiro atoms. The molecule has 108 valence electrons. The zero-order valence-corrected chi connectivity index (χ0v) is 11.6. The van der Waals surface area contributed by atoms with Gasteiger partial charge in [-0.1, -0.05) is 17.7 Å². The Labute approximate surface area is 120 Å². The van der Waals surface area contributed by atoms with Gasteiger partial charge in [-0.3, -0.25) is 14.9 Å². The average molecular weight is 300 g/mol. The minimum Gasteiger partial charge on any atom is -0.381 e. The number of benzene rings is 1. The number of ether oxygens (including phenoxy) is 1. The van der Waals surface area contributed by atoms with Gasteiger partial charge >= 0.3 is 0 Å². The van der Waals surface area contributed by atoms with Gasteiger partial charge in [-0.2, -0.15) is 5.10 Å². The summed E-state index contributed by atoms with van der Waals surface area (Å²) in [6.07, 6.45) is 1.51. The minimum atomic E-state index is -0.583. The van der Waals surface area contributed by atoms with E-state index in [-0.39, 0.29) is 23.0 Å². The highest BCUT2D eigenvalue weighted by atomic mass is 35.5. The van der Waals surface area contributed by atoms with E-state index >= 15 is 0 Å². The molecule has 0 saturated heterocycles. The fourth-order valence-corrected chi connectivity index (χ4v) is 1.48. The topological polar surface area (TPSA) is 93.8 Å². The van der Waals surface area contributed by atoms with E-state index in [2.05, 4.69) is 10.5 Å². The van der Waals surface area contributed by atoms with E-state index in [4.69, 9.17) is 16.3 Å². The fourth-order valence-electron chi connectivity index (χ4n) is 1.29. The van der Waals surface area contributed by atoms with E-state index in [0.717, 1.165) is 0 Å². The van der Waals surface area contributed by atoms with E-state index in [9.17, 15) is 14.9 Å². The van der Waals surface area contributed by atoms with Crippen LogP contribution in [-0.2, 0) is 9.53 Å². The second kappa shape index (κ2) is 8.23. The number of rotatable bonds is 7. The predicted molar refractivity (Wildman–Crippen MR) is 75.0 cm³/mol. The zero-order valence-electron chi connectivity index (χ0n) is 10.8. The summed E-state index contributed by atoms with van der Waals surface area (Å²) in [6, 6.07) is 4.24. The summed E-state index contributed by atoms with van der Waals surface area (Å²) in [4.78, 5) is 21.4. The number of hydrazone groups is 1. The van der Waals surface area contributed by atoms with Crippen molar-refractivity contribution in [3.8, 4) is 0 Å². The second-order valence-electron chi connectivity index (χ2n) is 3.71. The van der Waals surface area contributed by atoms with Crippen LogP contribution in [0.1, 0.15) is 18.9 Å². The maximum absolute atomic E-state index is 11.3. The molecule has 0 radical (unpaired) electrons. The molecular weight excluding hydrogens is 286 g/mol. The first-order valence-corrected chi connectivity index (χ1v) is 6.26. The van der Waals surface area contributed by atoms with Crippen molar-refractivity contribution in [1.29, 1.82) is 0 Å². The van der Waals surface area contributed by atoms with Crippen molar-refractivity contribution >= 4 is 29.4 Å². The molecule has 1 rings (SSSR count). The lowest BCUT2D eigenvalue weighted by atomic mass is 10.2. The van der Waals surface area contributed by atoms with Crippen LogP contribution in [0, 0.1) is 10.1 Å². The Morgan fingerprint density at radius 3 is 3.00 bits per heavy atom. The second-order valence-corrected chi connectivity index (χ2v) is 4.12. The van der Waals surface area contributed by atoms with Gasteiger partial charge in [0.1, 0.15) is 5.02 Å². The van der Waals surface area contributed by atoms with Crippen molar-refractivity contribution in [3.63, 3.8) is 0 Å². The monoisotopic (exact) mass is 299 g/mol. The molecule has 0 bridgehead atoms. The van der Waals surface area contributed by atoms with Crippen molar-refractivity contribution in [2.75, 3.05) is 13.2 Å². The van der Waals surface area contributed by atoms with Crippen molar-refractivity contribution in [2.45, 2.75) is 13.3 Å². The highest BCUT2D eigenvalue weighted by molar-refractivity contribution is 6.32. The largest absolute Gasteiger partial charge is 0.381 e. The SMILES string of the molecule is CCOCCC(=O)N/N=C/c1ccc(Cl)c([N+](=O)[O-])c1. The lowest BCUT2D eigenvalue weighted by Gasteiger charge is -2.00. The predicted octanol–water partition coefficient (Wildman–Crippen LogP) is 2.12. The normalized spacial score (nSPS) is 10.7. The molecule has 1 aromatic rings. The Kier molecular flexibility index (Phi) is 6.61. The van der Waals surface area contributed by atoms with Crippen LogP contribution < -0.4 is 5.43 Å². The molecule has 0 atom stereocenters. The van der Waals surface area contributed by atoms with Crippen molar-refractivity contribution in [1.82, 2.24) is 5.43 Å². The van der Waals surface area contributed by atoms with Crippen LogP contribution in [0.4, 0.5) is 5.69 Å². The Balaban J connectivity index is 2.56. The Hall–Kier alpha value is -1.99. The van der Waals surface area contributed by atoms with Crippen LogP contribution in [0.25, 0.3) is 0 Å². The molecule has 8 heteroatoms. The zero-order chi connectivity index (χ0) is 15.0. The molecular formula is C12H14ClN3O4. The Morgan fingerprint density at radius 2 is 2.35 bits per heavy atom. The van der Waals surface area contributed by atoms with Gasteiger partial charge in [0.05, 0.1) is 24.2 Å². The summed E-state index contributed by atoms with van der Waals surface area (Å²) < 4.78 is 5.02. The molecule has 0 aliphatic rings. The maximum atomic E-state index is 11.3. The number of nitro groups is 1. The van der Waals surface area contributed by atoms with Crippen LogP contribution >= 0.6 is 11.6 Å². The molecule has 1 amide bonds. The number of nitro benzene ring substituents is 1. The first-order chi connectivity index (χ1) is 9.54. The minimum absolute atomic E-state index is 0.0490. The van der Waals surface area contributed by atoms with Gasteiger partial charge in [-0.05, 0) is 13.0 Å². The summed E-state index contributed by atoms with van der Waals surface area (Å²) in [5, 5.41) is 14.4. The number of carbonyl (C=O) groups excluding carboxylic acids is 1. The lowest BCUT2D eigenvalue weighted by Crippen LogP contribution is -2.19.